The van der Waals surface area contributed by atoms with Crippen LogP contribution in [0.4, 0.5) is 0 Å². The van der Waals surface area contributed by atoms with E-state index in [2.05, 4.69) is 9.97 Å². The predicted molar refractivity (Wildman–Crippen MR) is 87.3 cm³/mol. The Kier molecular flexibility index (Phi) is 4.59. The lowest BCUT2D eigenvalue weighted by Crippen LogP contribution is -2.06. The molecule has 3 aromatic rings. The van der Waals surface area contributed by atoms with Crippen molar-refractivity contribution in [1.29, 1.82) is 0 Å². The average Bonchev–Trinajstić information content (AvgIpc) is 3.01. The first kappa shape index (κ1) is 15.1. The lowest BCUT2D eigenvalue weighted by molar-refractivity contribution is 0.174. The van der Waals surface area contributed by atoms with Gasteiger partial charge in [-0.15, -0.1) is 0 Å². The van der Waals surface area contributed by atoms with Crippen LogP contribution in [0.2, 0.25) is 0 Å². The Hall–Kier alpha value is -2.79. The van der Waals surface area contributed by atoms with Crippen LogP contribution in [0.1, 0.15) is 22.9 Å². The summed E-state index contributed by atoms with van der Waals surface area (Å²) in [6, 6.07) is 17.5. The minimum atomic E-state index is -0.765. The Labute approximate surface area is 133 Å². The summed E-state index contributed by atoms with van der Waals surface area (Å²) >= 11 is 0. The van der Waals surface area contributed by atoms with E-state index in [1.54, 1.807) is 0 Å². The molecule has 0 aliphatic heterocycles. The number of imidazole rings is 1. The number of aliphatic hydroxyl groups is 1. The first-order valence-corrected chi connectivity index (χ1v) is 7.42. The van der Waals surface area contributed by atoms with Gasteiger partial charge in [0.15, 0.2) is 0 Å². The molecule has 0 fully saturated rings. The highest BCUT2D eigenvalue weighted by Gasteiger charge is 2.11. The molecule has 0 radical (unpaired) electrons. The molecule has 2 aromatic carbocycles. The first-order valence-electron chi connectivity index (χ1n) is 7.42. The molecule has 3 N–H and O–H groups in total. The molecule has 5 nitrogen and oxygen atoms in total. The molecule has 0 saturated heterocycles. The van der Waals surface area contributed by atoms with Gasteiger partial charge >= 0.3 is 5.69 Å². The number of hydrogen-bond acceptors (Lipinski definition) is 3. The van der Waals surface area contributed by atoms with Crippen LogP contribution < -0.4 is 10.4 Å². The molecule has 1 unspecified atom stereocenters. The van der Waals surface area contributed by atoms with Gasteiger partial charge in [-0.3, -0.25) is 0 Å². The number of aliphatic hydroxyl groups excluding tert-OH is 1. The average molecular weight is 310 g/mol. The summed E-state index contributed by atoms with van der Waals surface area (Å²) in [6.07, 6.45) is 1.12. The second-order valence-electron chi connectivity index (χ2n) is 5.34. The normalized spacial score (nSPS) is 12.0. The van der Waals surface area contributed by atoms with E-state index < -0.39 is 6.10 Å². The Morgan fingerprint density at radius 3 is 2.57 bits per heavy atom. The molecule has 0 saturated carbocycles. The Bertz CT molecular complexity index is 808. The van der Waals surface area contributed by atoms with Gasteiger partial charge in [0, 0.05) is 12.6 Å². The fraction of sp³-hybridized carbons (Fsp3) is 0.167. The summed E-state index contributed by atoms with van der Waals surface area (Å²) in [5, 5.41) is 10.2. The summed E-state index contributed by atoms with van der Waals surface area (Å²) in [5.41, 5.74) is 2.19. The number of H-pyrrole nitrogens is 2. The van der Waals surface area contributed by atoms with Crippen molar-refractivity contribution in [1.82, 2.24) is 9.97 Å². The zero-order chi connectivity index (χ0) is 16.1. The van der Waals surface area contributed by atoms with Crippen molar-refractivity contribution in [2.45, 2.75) is 19.1 Å². The van der Waals surface area contributed by atoms with E-state index in [0.29, 0.717) is 18.7 Å². The molecule has 0 aliphatic carbocycles. The van der Waals surface area contributed by atoms with E-state index in [0.717, 1.165) is 16.9 Å². The van der Waals surface area contributed by atoms with Gasteiger partial charge in [0.1, 0.15) is 12.4 Å². The minimum Gasteiger partial charge on any atom is -0.489 e. The molecule has 0 aliphatic rings. The number of benzene rings is 2. The number of rotatable bonds is 6. The summed E-state index contributed by atoms with van der Waals surface area (Å²) in [5.74, 6) is 0.751. The fourth-order valence-corrected chi connectivity index (χ4v) is 2.36. The molecule has 5 heteroatoms. The maximum atomic E-state index is 11.1. The third kappa shape index (κ3) is 4.11. The van der Waals surface area contributed by atoms with Crippen LogP contribution in [0, 0.1) is 0 Å². The SMILES string of the molecule is O=c1[nH]cc(C(O)Cc2cccc(OCc3ccccc3)c2)[nH]1. The van der Waals surface area contributed by atoms with Gasteiger partial charge in [0.25, 0.3) is 0 Å². The second kappa shape index (κ2) is 6.98. The van der Waals surface area contributed by atoms with Crippen LogP contribution in [0.3, 0.4) is 0 Å². The largest absolute Gasteiger partial charge is 0.489 e. The summed E-state index contributed by atoms with van der Waals surface area (Å²) < 4.78 is 5.78. The topological polar surface area (TPSA) is 78.1 Å². The van der Waals surface area contributed by atoms with Gasteiger partial charge in [-0.1, -0.05) is 42.5 Å². The van der Waals surface area contributed by atoms with E-state index in [9.17, 15) is 9.90 Å². The lowest BCUT2D eigenvalue weighted by Gasteiger charge is -2.11. The minimum absolute atomic E-state index is 0.320. The van der Waals surface area contributed by atoms with Gasteiger partial charge in [0.05, 0.1) is 11.8 Å². The first-order chi connectivity index (χ1) is 11.2. The Morgan fingerprint density at radius 2 is 1.83 bits per heavy atom. The fourth-order valence-electron chi connectivity index (χ4n) is 2.36. The van der Waals surface area contributed by atoms with E-state index >= 15 is 0 Å². The molecule has 1 aromatic heterocycles. The quantitative estimate of drug-likeness (QED) is 0.655. The second-order valence-corrected chi connectivity index (χ2v) is 5.34. The molecule has 0 spiro atoms. The highest BCUT2D eigenvalue weighted by molar-refractivity contribution is 5.30. The molecule has 0 bridgehead atoms. The van der Waals surface area contributed by atoms with Crippen molar-refractivity contribution in [2.24, 2.45) is 0 Å². The van der Waals surface area contributed by atoms with Gasteiger partial charge in [-0.25, -0.2) is 4.79 Å². The van der Waals surface area contributed by atoms with Crippen molar-refractivity contribution < 1.29 is 9.84 Å². The molecule has 1 heterocycles. The molecule has 23 heavy (non-hydrogen) atoms. The number of aromatic nitrogens is 2. The van der Waals surface area contributed by atoms with Crippen LogP contribution in [0.5, 0.6) is 5.75 Å². The number of ether oxygens (including phenoxy) is 1. The van der Waals surface area contributed by atoms with E-state index in [-0.39, 0.29) is 5.69 Å². The summed E-state index contributed by atoms with van der Waals surface area (Å²) in [7, 11) is 0. The molecule has 1 atom stereocenters. The molecule has 3 rings (SSSR count). The van der Waals surface area contributed by atoms with Crippen LogP contribution >= 0.6 is 0 Å². The molecule has 0 amide bonds. The zero-order valence-corrected chi connectivity index (χ0v) is 12.5. The maximum Gasteiger partial charge on any atom is 0.323 e. The van der Waals surface area contributed by atoms with Gasteiger partial charge in [-0.2, -0.15) is 0 Å². The highest BCUT2D eigenvalue weighted by Crippen LogP contribution is 2.20. The zero-order valence-electron chi connectivity index (χ0n) is 12.5. The number of aromatic amines is 2. The van der Waals surface area contributed by atoms with Gasteiger partial charge in [0.2, 0.25) is 0 Å². The number of hydrogen-bond donors (Lipinski definition) is 3. The Morgan fingerprint density at radius 1 is 1.04 bits per heavy atom. The molecular formula is C18H18N2O3. The molecule has 118 valence electrons. The van der Waals surface area contributed by atoms with Crippen LogP contribution in [0.25, 0.3) is 0 Å². The van der Waals surface area contributed by atoms with Crippen molar-refractivity contribution in [3.8, 4) is 5.75 Å². The monoisotopic (exact) mass is 310 g/mol. The van der Waals surface area contributed by atoms with Crippen molar-refractivity contribution in [3.63, 3.8) is 0 Å². The van der Waals surface area contributed by atoms with E-state index in [4.69, 9.17) is 4.74 Å². The van der Waals surface area contributed by atoms with E-state index in [1.165, 1.54) is 6.20 Å². The number of nitrogens with one attached hydrogen (secondary N) is 2. The lowest BCUT2D eigenvalue weighted by atomic mass is 10.1. The predicted octanol–water partition coefficient (Wildman–Crippen LogP) is 2.56. The Balaban J connectivity index is 1.64. The van der Waals surface area contributed by atoms with Gasteiger partial charge in [-0.05, 0) is 23.3 Å². The van der Waals surface area contributed by atoms with Crippen LogP contribution in [-0.4, -0.2) is 15.1 Å². The third-order valence-corrected chi connectivity index (χ3v) is 3.55. The summed E-state index contributed by atoms with van der Waals surface area (Å²) in [6.45, 7) is 0.498. The van der Waals surface area contributed by atoms with Crippen molar-refractivity contribution in [2.75, 3.05) is 0 Å². The summed E-state index contributed by atoms with van der Waals surface area (Å²) in [4.78, 5) is 16.1. The smallest absolute Gasteiger partial charge is 0.323 e. The maximum absolute atomic E-state index is 11.1. The highest BCUT2D eigenvalue weighted by atomic mass is 16.5. The third-order valence-electron chi connectivity index (χ3n) is 3.55. The van der Waals surface area contributed by atoms with Crippen LogP contribution in [0.15, 0.2) is 65.6 Å². The molecular weight excluding hydrogens is 292 g/mol. The van der Waals surface area contributed by atoms with Gasteiger partial charge < -0.3 is 19.8 Å². The standard InChI is InChI=1S/C18H18N2O3/c21-17(16-11-19-18(22)20-16)10-14-7-4-8-15(9-14)23-12-13-5-2-1-3-6-13/h1-9,11,17,21H,10,12H2,(H2,19,20,22). The van der Waals surface area contributed by atoms with Crippen LogP contribution in [-0.2, 0) is 13.0 Å². The van der Waals surface area contributed by atoms with Crippen molar-refractivity contribution >= 4 is 0 Å². The van der Waals surface area contributed by atoms with E-state index in [1.807, 2.05) is 54.6 Å². The van der Waals surface area contributed by atoms with Crippen molar-refractivity contribution in [3.05, 3.63) is 88.1 Å².